The van der Waals surface area contributed by atoms with E-state index in [1.807, 2.05) is 0 Å². The van der Waals surface area contributed by atoms with Gasteiger partial charge in [0.1, 0.15) is 0 Å². The van der Waals surface area contributed by atoms with Gasteiger partial charge in [0.15, 0.2) is 11.6 Å². The van der Waals surface area contributed by atoms with Crippen LogP contribution in [-0.4, -0.2) is 49.3 Å². The summed E-state index contributed by atoms with van der Waals surface area (Å²) in [5.74, 6) is -3.01. The van der Waals surface area contributed by atoms with Crippen LogP contribution < -0.4 is 5.73 Å². The van der Waals surface area contributed by atoms with Crippen LogP contribution >= 0.6 is 0 Å². The van der Waals surface area contributed by atoms with Gasteiger partial charge < -0.3 is 15.2 Å². The number of sulfonamides is 1. The largest absolute Gasteiger partial charge is 0.467 e. The van der Waals surface area contributed by atoms with Crippen molar-refractivity contribution < 1.29 is 32.3 Å². The average molecular weight is 477 g/mol. The van der Waals surface area contributed by atoms with Gasteiger partial charge in [-0.3, -0.25) is 9.59 Å². The second-order valence-corrected chi connectivity index (χ2v) is 9.72. The van der Waals surface area contributed by atoms with Crippen LogP contribution in [0.15, 0.2) is 59.5 Å². The molecule has 0 spiro atoms. The molecule has 0 bridgehead atoms. The molecule has 1 amide bonds. The molecular weight excluding hydrogens is 448 g/mol. The molecule has 2 aromatic rings. The van der Waals surface area contributed by atoms with Crippen LogP contribution in [0.1, 0.15) is 37.9 Å². The van der Waals surface area contributed by atoms with Gasteiger partial charge in [-0.2, -0.15) is 0 Å². The van der Waals surface area contributed by atoms with Gasteiger partial charge in [-0.1, -0.05) is 48.0 Å². The SMILES string of the molecule is COC(=O)C(C)(C)N(C(=O)C(OC(C)=O)[C@H](N)c1ccccc1)S(=O)(=O)c1ccc(C)cc1. The number of methoxy groups -OCH3 is 1. The highest BCUT2D eigenvalue weighted by Crippen LogP contribution is 2.30. The summed E-state index contributed by atoms with van der Waals surface area (Å²) in [5, 5.41) is 0. The number of carbonyl (C=O) groups excluding carboxylic acids is 3. The van der Waals surface area contributed by atoms with E-state index in [2.05, 4.69) is 0 Å². The van der Waals surface area contributed by atoms with E-state index in [1.165, 1.54) is 26.0 Å². The number of carbonyl (C=O) groups is 3. The van der Waals surface area contributed by atoms with E-state index in [9.17, 15) is 22.8 Å². The lowest BCUT2D eigenvalue weighted by Gasteiger charge is -2.37. The highest BCUT2D eigenvalue weighted by Gasteiger charge is 2.50. The van der Waals surface area contributed by atoms with Crippen molar-refractivity contribution in [2.24, 2.45) is 5.73 Å². The zero-order valence-corrected chi connectivity index (χ0v) is 20.0. The lowest BCUT2D eigenvalue weighted by molar-refractivity contribution is -0.164. The van der Waals surface area contributed by atoms with Crippen molar-refractivity contribution in [2.45, 2.75) is 50.3 Å². The Balaban J connectivity index is 2.69. The van der Waals surface area contributed by atoms with E-state index in [1.54, 1.807) is 49.4 Å². The quantitative estimate of drug-likeness (QED) is 0.573. The summed E-state index contributed by atoms with van der Waals surface area (Å²) in [6.07, 6.45) is -1.73. The first-order chi connectivity index (χ1) is 15.3. The normalized spacial score (nSPS) is 13.5. The Morgan fingerprint density at radius 1 is 1.00 bits per heavy atom. The molecule has 0 saturated carbocycles. The number of esters is 2. The van der Waals surface area contributed by atoms with Crippen LogP contribution in [0, 0.1) is 6.92 Å². The molecule has 2 N–H and O–H groups in total. The fraction of sp³-hybridized carbons (Fsp3) is 0.348. The molecule has 0 aliphatic rings. The summed E-state index contributed by atoms with van der Waals surface area (Å²) in [7, 11) is -3.52. The number of nitrogens with zero attached hydrogens (tertiary/aromatic N) is 1. The molecule has 10 heteroatoms. The average Bonchev–Trinajstić information content (AvgIpc) is 2.76. The van der Waals surface area contributed by atoms with E-state index in [-0.39, 0.29) is 4.90 Å². The van der Waals surface area contributed by atoms with Gasteiger partial charge in [-0.15, -0.1) is 0 Å². The maximum atomic E-state index is 13.7. The summed E-state index contributed by atoms with van der Waals surface area (Å²) in [4.78, 5) is 37.9. The number of ether oxygens (including phenoxy) is 2. The Bertz CT molecular complexity index is 1110. The van der Waals surface area contributed by atoms with E-state index in [4.69, 9.17) is 15.2 Å². The fourth-order valence-corrected chi connectivity index (χ4v) is 4.97. The number of nitrogens with two attached hydrogens (primary N) is 1. The van der Waals surface area contributed by atoms with Crippen molar-refractivity contribution in [1.82, 2.24) is 4.31 Å². The van der Waals surface area contributed by atoms with E-state index >= 15 is 0 Å². The predicted octanol–water partition coefficient (Wildman–Crippen LogP) is 2.10. The lowest BCUT2D eigenvalue weighted by atomic mass is 9.99. The first-order valence-electron chi connectivity index (χ1n) is 10.1. The third kappa shape index (κ3) is 5.58. The van der Waals surface area contributed by atoms with Crippen molar-refractivity contribution in [3.05, 3.63) is 65.7 Å². The van der Waals surface area contributed by atoms with Crippen LogP contribution in [0.2, 0.25) is 0 Å². The highest BCUT2D eigenvalue weighted by atomic mass is 32.2. The summed E-state index contributed by atoms with van der Waals surface area (Å²) < 4.78 is 37.6. The Hall–Kier alpha value is -3.24. The van der Waals surface area contributed by atoms with Crippen LogP contribution in [0.5, 0.6) is 0 Å². The Morgan fingerprint density at radius 2 is 1.55 bits per heavy atom. The maximum Gasteiger partial charge on any atom is 0.332 e. The second-order valence-electron chi connectivity index (χ2n) is 7.94. The number of rotatable bonds is 8. The fourth-order valence-electron chi connectivity index (χ4n) is 3.26. The molecule has 0 fully saturated rings. The highest BCUT2D eigenvalue weighted by molar-refractivity contribution is 7.89. The summed E-state index contributed by atoms with van der Waals surface area (Å²) in [6.45, 7) is 5.29. The van der Waals surface area contributed by atoms with E-state index < -0.39 is 45.6 Å². The third-order valence-corrected chi connectivity index (χ3v) is 6.98. The first kappa shape index (κ1) is 26.0. The molecule has 1 unspecified atom stereocenters. The van der Waals surface area contributed by atoms with E-state index in [0.717, 1.165) is 19.6 Å². The number of aryl methyl sites for hydroxylation is 1. The molecule has 2 atom stereocenters. The predicted molar refractivity (Wildman–Crippen MR) is 120 cm³/mol. The molecular formula is C23H28N2O7S. The first-order valence-corrected chi connectivity index (χ1v) is 11.5. The van der Waals surface area contributed by atoms with Gasteiger partial charge >= 0.3 is 11.9 Å². The smallest absolute Gasteiger partial charge is 0.332 e. The molecule has 0 radical (unpaired) electrons. The summed E-state index contributed by atoms with van der Waals surface area (Å²) >= 11 is 0. The molecule has 0 heterocycles. The minimum Gasteiger partial charge on any atom is -0.467 e. The van der Waals surface area contributed by atoms with Gasteiger partial charge in [0.05, 0.1) is 18.0 Å². The number of benzene rings is 2. The molecule has 0 aliphatic heterocycles. The van der Waals surface area contributed by atoms with Gasteiger partial charge in [0, 0.05) is 6.92 Å². The van der Waals surface area contributed by atoms with E-state index in [0.29, 0.717) is 9.87 Å². The molecule has 33 heavy (non-hydrogen) atoms. The van der Waals surface area contributed by atoms with Gasteiger partial charge in [-0.05, 0) is 38.5 Å². The molecule has 2 aromatic carbocycles. The number of hydrogen-bond donors (Lipinski definition) is 1. The van der Waals surface area contributed by atoms with Crippen molar-refractivity contribution in [3.63, 3.8) is 0 Å². The van der Waals surface area contributed by atoms with Crippen LogP contribution in [0.4, 0.5) is 0 Å². The number of hydrogen-bond acceptors (Lipinski definition) is 8. The van der Waals surface area contributed by atoms with Gasteiger partial charge in [0.2, 0.25) is 0 Å². The minimum absolute atomic E-state index is 0.228. The summed E-state index contributed by atoms with van der Waals surface area (Å²) in [6, 6.07) is 12.8. The van der Waals surface area contributed by atoms with Crippen LogP contribution in [-0.2, 0) is 33.9 Å². The Kier molecular flexibility index (Phi) is 7.99. The second kappa shape index (κ2) is 10.1. The zero-order chi connectivity index (χ0) is 25.0. The monoisotopic (exact) mass is 476 g/mol. The molecule has 0 saturated heterocycles. The van der Waals surface area contributed by atoms with Crippen LogP contribution in [0.3, 0.4) is 0 Å². The standard InChI is InChI=1S/C23H28N2O7S/c1-15-11-13-18(14-12-15)33(29,30)25(23(3,4)22(28)31-5)21(27)20(32-16(2)26)19(24)17-9-7-6-8-10-17/h6-14,19-20H,24H2,1-5H3/t19-,20?/m1/s1. The topological polar surface area (TPSA) is 133 Å². The third-order valence-electron chi connectivity index (χ3n) is 5.00. The van der Waals surface area contributed by atoms with Gasteiger partial charge in [-0.25, -0.2) is 17.5 Å². The van der Waals surface area contributed by atoms with Crippen molar-refractivity contribution in [1.29, 1.82) is 0 Å². The molecule has 9 nitrogen and oxygen atoms in total. The van der Waals surface area contributed by atoms with Crippen molar-refractivity contribution in [2.75, 3.05) is 7.11 Å². The molecule has 2 rings (SSSR count). The Morgan fingerprint density at radius 3 is 2.03 bits per heavy atom. The lowest BCUT2D eigenvalue weighted by Crippen LogP contribution is -2.60. The minimum atomic E-state index is -4.59. The molecule has 0 aromatic heterocycles. The Labute approximate surface area is 193 Å². The van der Waals surface area contributed by atoms with Crippen molar-refractivity contribution >= 4 is 27.9 Å². The number of amides is 1. The zero-order valence-electron chi connectivity index (χ0n) is 19.1. The van der Waals surface area contributed by atoms with Crippen molar-refractivity contribution in [3.8, 4) is 0 Å². The van der Waals surface area contributed by atoms with Crippen LogP contribution in [0.25, 0.3) is 0 Å². The maximum absolute atomic E-state index is 13.7. The van der Waals surface area contributed by atoms with Gasteiger partial charge in [0.25, 0.3) is 15.9 Å². The summed E-state index contributed by atoms with van der Waals surface area (Å²) in [5.41, 5.74) is 5.49. The molecule has 0 aliphatic carbocycles. The molecule has 178 valence electrons.